The van der Waals surface area contributed by atoms with Crippen molar-refractivity contribution in [2.75, 3.05) is 16.0 Å². The second kappa shape index (κ2) is 6.78. The number of halogens is 1. The molecule has 3 N–H and O–H groups in total. The summed E-state index contributed by atoms with van der Waals surface area (Å²) in [7, 11) is 0. The number of hydrogen-bond acceptors (Lipinski definition) is 5. The fourth-order valence-corrected chi connectivity index (χ4v) is 2.65. The van der Waals surface area contributed by atoms with E-state index in [1.165, 1.54) is 12.1 Å². The number of hydrogen-bond donors (Lipinski definition) is 3. The van der Waals surface area contributed by atoms with E-state index in [4.69, 9.17) is 11.6 Å². The van der Waals surface area contributed by atoms with Crippen molar-refractivity contribution >= 4 is 46.2 Å². The molecule has 0 bridgehead atoms. The first-order valence-electron chi connectivity index (χ1n) is 7.34. The van der Waals surface area contributed by atoms with Crippen molar-refractivity contribution in [3.8, 4) is 0 Å². The minimum atomic E-state index is -0.777. The van der Waals surface area contributed by atoms with E-state index in [0.29, 0.717) is 11.4 Å². The first kappa shape index (κ1) is 16.7. The van der Waals surface area contributed by atoms with Crippen molar-refractivity contribution in [2.45, 2.75) is 12.5 Å². The summed E-state index contributed by atoms with van der Waals surface area (Å²) in [5.41, 5.74) is 1.05. The lowest BCUT2D eigenvalue weighted by Crippen LogP contribution is -2.41. The van der Waals surface area contributed by atoms with Crippen LogP contribution in [0.3, 0.4) is 0 Å². The largest absolute Gasteiger partial charge is 0.372 e. The molecule has 0 fully saturated rings. The summed E-state index contributed by atoms with van der Waals surface area (Å²) < 4.78 is 0. The van der Waals surface area contributed by atoms with E-state index < -0.39 is 16.9 Å². The van der Waals surface area contributed by atoms with E-state index in [0.717, 1.165) is 6.07 Å². The number of amides is 2. The normalized spacial score (nSPS) is 15.6. The van der Waals surface area contributed by atoms with Crippen LogP contribution in [0.4, 0.5) is 22.7 Å². The fraction of sp³-hybridized carbons (Fsp3) is 0.125. The lowest BCUT2D eigenvalue weighted by molar-refractivity contribution is -0.383. The van der Waals surface area contributed by atoms with E-state index >= 15 is 0 Å². The van der Waals surface area contributed by atoms with Crippen molar-refractivity contribution in [1.82, 2.24) is 0 Å². The molecule has 9 heteroatoms. The Morgan fingerprint density at radius 2 is 1.96 bits per heavy atom. The highest BCUT2D eigenvalue weighted by Gasteiger charge is 2.28. The van der Waals surface area contributed by atoms with Crippen LogP contribution in [0.2, 0.25) is 5.02 Å². The van der Waals surface area contributed by atoms with Crippen molar-refractivity contribution < 1.29 is 14.5 Å². The maximum Gasteiger partial charge on any atom is 0.294 e. The molecule has 128 valence electrons. The predicted octanol–water partition coefficient (Wildman–Crippen LogP) is 3.01. The fourth-order valence-electron chi connectivity index (χ4n) is 2.48. The zero-order chi connectivity index (χ0) is 18.0. The molecule has 2 aromatic carbocycles. The Morgan fingerprint density at radius 1 is 1.24 bits per heavy atom. The number of nitrogens with one attached hydrogen (secondary N) is 3. The zero-order valence-corrected chi connectivity index (χ0v) is 13.5. The first-order valence-corrected chi connectivity index (χ1v) is 7.72. The van der Waals surface area contributed by atoms with Gasteiger partial charge < -0.3 is 16.0 Å². The molecule has 2 aromatic rings. The Morgan fingerprint density at radius 3 is 2.68 bits per heavy atom. The summed E-state index contributed by atoms with van der Waals surface area (Å²) in [6.07, 6.45) is -0.181. The SMILES string of the molecule is O=C(CC1Nc2ccccc2NC1=O)Nc1ccc(Cl)cc1[N+](=O)[O-]. The Labute approximate surface area is 147 Å². The zero-order valence-electron chi connectivity index (χ0n) is 12.8. The Hall–Kier alpha value is -3.13. The molecular formula is C16H13ClN4O4. The summed E-state index contributed by atoms with van der Waals surface area (Å²) in [6, 6.07) is 10.3. The Bertz CT molecular complexity index is 871. The van der Waals surface area contributed by atoms with Crippen molar-refractivity contribution in [3.63, 3.8) is 0 Å². The van der Waals surface area contributed by atoms with Crippen LogP contribution in [0.15, 0.2) is 42.5 Å². The highest BCUT2D eigenvalue weighted by molar-refractivity contribution is 6.31. The molecule has 1 unspecified atom stereocenters. The van der Waals surface area contributed by atoms with Gasteiger partial charge in [-0.05, 0) is 24.3 Å². The summed E-state index contributed by atoms with van der Waals surface area (Å²) in [4.78, 5) is 34.7. The molecule has 0 aliphatic carbocycles. The maximum absolute atomic E-state index is 12.2. The smallest absolute Gasteiger partial charge is 0.294 e. The minimum Gasteiger partial charge on any atom is -0.372 e. The Balaban J connectivity index is 1.72. The molecule has 0 saturated heterocycles. The molecule has 1 aliphatic heterocycles. The summed E-state index contributed by atoms with van der Waals surface area (Å²) in [5.74, 6) is -0.878. The van der Waals surface area contributed by atoms with E-state index in [9.17, 15) is 19.7 Å². The molecule has 1 heterocycles. The minimum absolute atomic E-state index is 0.0241. The molecule has 0 aromatic heterocycles. The highest BCUT2D eigenvalue weighted by Crippen LogP contribution is 2.29. The average molecular weight is 361 g/mol. The quantitative estimate of drug-likeness (QED) is 0.573. The number of carbonyl (C=O) groups is 2. The van der Waals surface area contributed by atoms with Gasteiger partial charge in [0.1, 0.15) is 11.7 Å². The molecule has 8 nitrogen and oxygen atoms in total. The molecule has 1 atom stereocenters. The number of rotatable bonds is 4. The van der Waals surface area contributed by atoms with Gasteiger partial charge in [0.2, 0.25) is 11.8 Å². The third-order valence-corrected chi connectivity index (χ3v) is 3.89. The number of para-hydroxylation sites is 2. The van der Waals surface area contributed by atoms with Crippen molar-refractivity contribution in [3.05, 3.63) is 57.6 Å². The van der Waals surface area contributed by atoms with Crippen molar-refractivity contribution in [2.24, 2.45) is 0 Å². The molecule has 1 aliphatic rings. The van der Waals surface area contributed by atoms with Gasteiger partial charge in [-0.1, -0.05) is 23.7 Å². The van der Waals surface area contributed by atoms with Crippen LogP contribution in [-0.4, -0.2) is 22.8 Å². The molecule has 2 amide bonds. The predicted molar refractivity (Wildman–Crippen MR) is 93.8 cm³/mol. The number of fused-ring (bicyclic) bond motifs is 1. The van der Waals surface area contributed by atoms with E-state index in [2.05, 4.69) is 16.0 Å². The van der Waals surface area contributed by atoms with Crippen LogP contribution < -0.4 is 16.0 Å². The molecule has 25 heavy (non-hydrogen) atoms. The third kappa shape index (κ3) is 3.69. The maximum atomic E-state index is 12.2. The van der Waals surface area contributed by atoms with E-state index in [1.807, 2.05) is 0 Å². The van der Waals surface area contributed by atoms with Gasteiger partial charge in [0.25, 0.3) is 5.69 Å². The van der Waals surface area contributed by atoms with E-state index in [-0.39, 0.29) is 28.7 Å². The second-order valence-electron chi connectivity index (χ2n) is 5.40. The number of benzene rings is 2. The van der Waals surface area contributed by atoms with Crippen LogP contribution in [0.25, 0.3) is 0 Å². The number of nitro benzene ring substituents is 1. The highest BCUT2D eigenvalue weighted by atomic mass is 35.5. The average Bonchev–Trinajstić information content (AvgIpc) is 2.57. The summed E-state index contributed by atoms with van der Waals surface area (Å²) in [6.45, 7) is 0. The van der Waals surface area contributed by atoms with Crippen LogP contribution in [0, 0.1) is 10.1 Å². The molecule has 3 rings (SSSR count). The first-order chi connectivity index (χ1) is 11.9. The van der Waals surface area contributed by atoms with Gasteiger partial charge in [-0.15, -0.1) is 0 Å². The van der Waals surface area contributed by atoms with Crippen LogP contribution >= 0.6 is 11.6 Å². The molecule has 0 radical (unpaired) electrons. The third-order valence-electron chi connectivity index (χ3n) is 3.65. The summed E-state index contributed by atoms with van der Waals surface area (Å²) in [5, 5.41) is 19.4. The van der Waals surface area contributed by atoms with Crippen LogP contribution in [-0.2, 0) is 9.59 Å². The number of anilines is 3. The molecular weight excluding hydrogens is 348 g/mol. The van der Waals surface area contributed by atoms with Gasteiger partial charge >= 0.3 is 0 Å². The van der Waals surface area contributed by atoms with Gasteiger partial charge in [-0.2, -0.15) is 0 Å². The summed E-state index contributed by atoms with van der Waals surface area (Å²) >= 11 is 5.74. The van der Waals surface area contributed by atoms with Crippen molar-refractivity contribution in [1.29, 1.82) is 0 Å². The van der Waals surface area contributed by atoms with Gasteiger partial charge in [0, 0.05) is 11.1 Å². The van der Waals surface area contributed by atoms with Gasteiger partial charge in [-0.25, -0.2) is 0 Å². The standard InChI is InChI=1S/C16H13ClN4O4/c17-9-5-6-12(14(7-9)21(24)25)19-15(22)8-13-16(23)20-11-4-2-1-3-10(11)18-13/h1-7,13,18H,8H2,(H,19,22)(H,20,23). The van der Waals surface area contributed by atoms with Gasteiger partial charge in [-0.3, -0.25) is 19.7 Å². The monoisotopic (exact) mass is 360 g/mol. The topological polar surface area (TPSA) is 113 Å². The van der Waals surface area contributed by atoms with E-state index in [1.54, 1.807) is 24.3 Å². The van der Waals surface area contributed by atoms with Gasteiger partial charge in [0.15, 0.2) is 0 Å². The van der Waals surface area contributed by atoms with Crippen LogP contribution in [0.5, 0.6) is 0 Å². The Kier molecular flexibility index (Phi) is 4.53. The molecule has 0 saturated carbocycles. The number of carbonyl (C=O) groups excluding carboxylic acids is 2. The number of nitrogens with zero attached hydrogens (tertiary/aromatic N) is 1. The molecule has 0 spiro atoms. The number of nitro groups is 1. The lowest BCUT2D eigenvalue weighted by atomic mass is 10.1. The van der Waals surface area contributed by atoms with Gasteiger partial charge in [0.05, 0.1) is 22.7 Å². The van der Waals surface area contributed by atoms with Crippen LogP contribution in [0.1, 0.15) is 6.42 Å². The second-order valence-corrected chi connectivity index (χ2v) is 5.84. The lowest BCUT2D eigenvalue weighted by Gasteiger charge is -2.26.